The molecule has 0 fully saturated rings. The lowest BCUT2D eigenvalue weighted by molar-refractivity contribution is -0.131. The molecule has 2 aromatic rings. The van der Waals surface area contributed by atoms with Crippen molar-refractivity contribution in [1.82, 2.24) is 5.16 Å². The molecule has 0 bridgehead atoms. The summed E-state index contributed by atoms with van der Waals surface area (Å²) in [5.41, 5.74) is 2.80. The summed E-state index contributed by atoms with van der Waals surface area (Å²) in [4.78, 5) is 10.3. The molecule has 17 heavy (non-hydrogen) atoms. The zero-order valence-corrected chi connectivity index (χ0v) is 9.25. The van der Waals surface area contributed by atoms with Gasteiger partial charge in [-0.15, -0.1) is 0 Å². The van der Waals surface area contributed by atoms with E-state index in [0.717, 1.165) is 11.6 Å². The van der Waals surface area contributed by atoms with E-state index in [-0.39, 0.29) is 0 Å². The van der Waals surface area contributed by atoms with E-state index in [1.807, 2.05) is 31.2 Å². The van der Waals surface area contributed by atoms with Gasteiger partial charge in [-0.2, -0.15) is 0 Å². The first-order chi connectivity index (χ1) is 8.15. The maximum absolute atomic E-state index is 10.3. The van der Waals surface area contributed by atoms with Crippen LogP contribution in [0.4, 0.5) is 0 Å². The van der Waals surface area contributed by atoms with Crippen molar-refractivity contribution in [2.24, 2.45) is 0 Å². The van der Waals surface area contributed by atoms with Crippen LogP contribution in [-0.2, 0) is 4.79 Å². The zero-order valence-electron chi connectivity index (χ0n) is 9.25. The van der Waals surface area contributed by atoms with Gasteiger partial charge in [0.15, 0.2) is 5.76 Å². The monoisotopic (exact) mass is 229 g/mol. The van der Waals surface area contributed by atoms with Crippen molar-refractivity contribution in [1.29, 1.82) is 0 Å². The summed E-state index contributed by atoms with van der Waals surface area (Å²) in [6.45, 7) is 2.01. The fourth-order valence-corrected chi connectivity index (χ4v) is 1.38. The van der Waals surface area contributed by atoms with Gasteiger partial charge in [0.05, 0.1) is 0 Å². The Morgan fingerprint density at radius 2 is 2.06 bits per heavy atom. The fourth-order valence-electron chi connectivity index (χ4n) is 1.38. The third-order valence-electron chi connectivity index (χ3n) is 2.27. The Bertz CT molecular complexity index is 552. The molecule has 0 amide bonds. The molecule has 4 heteroatoms. The van der Waals surface area contributed by atoms with Crippen molar-refractivity contribution in [3.63, 3.8) is 0 Å². The second-order valence-corrected chi connectivity index (χ2v) is 3.65. The molecule has 0 radical (unpaired) electrons. The molecule has 1 aromatic heterocycles. The standard InChI is InChI=1S/C13H11NO3/c1-9-2-4-10(5-3-9)12-8-11(17-14-12)6-7-13(15)16/h2-8H,1H3,(H,15,16)/b7-6+. The van der Waals surface area contributed by atoms with Crippen LogP contribution in [-0.4, -0.2) is 16.2 Å². The SMILES string of the molecule is Cc1ccc(-c2cc(/C=C/C(=O)O)on2)cc1. The molecule has 0 aliphatic rings. The Morgan fingerprint density at radius 1 is 1.35 bits per heavy atom. The van der Waals surface area contributed by atoms with Crippen LogP contribution in [0.15, 0.2) is 40.9 Å². The minimum Gasteiger partial charge on any atom is -0.478 e. The van der Waals surface area contributed by atoms with E-state index in [2.05, 4.69) is 5.16 Å². The summed E-state index contributed by atoms with van der Waals surface area (Å²) in [5, 5.41) is 12.4. The number of nitrogens with zero attached hydrogens (tertiary/aromatic N) is 1. The number of benzene rings is 1. The molecule has 2 rings (SSSR count). The number of hydrogen-bond acceptors (Lipinski definition) is 3. The molecule has 0 saturated carbocycles. The van der Waals surface area contributed by atoms with Gasteiger partial charge in [-0.05, 0) is 13.0 Å². The number of rotatable bonds is 3. The summed E-state index contributed by atoms with van der Waals surface area (Å²) in [6.07, 6.45) is 2.38. The molecule has 1 heterocycles. The van der Waals surface area contributed by atoms with Crippen LogP contribution in [0.2, 0.25) is 0 Å². The minimum absolute atomic E-state index is 0.419. The van der Waals surface area contributed by atoms with Crippen LogP contribution in [0.1, 0.15) is 11.3 Å². The van der Waals surface area contributed by atoms with E-state index in [9.17, 15) is 4.79 Å². The first-order valence-corrected chi connectivity index (χ1v) is 5.10. The first-order valence-electron chi connectivity index (χ1n) is 5.10. The van der Waals surface area contributed by atoms with Gasteiger partial charge in [0.1, 0.15) is 5.69 Å². The Morgan fingerprint density at radius 3 is 2.71 bits per heavy atom. The van der Waals surface area contributed by atoms with Crippen molar-refractivity contribution in [2.75, 3.05) is 0 Å². The van der Waals surface area contributed by atoms with E-state index in [1.54, 1.807) is 6.07 Å². The van der Waals surface area contributed by atoms with Gasteiger partial charge in [0.2, 0.25) is 0 Å². The Kier molecular flexibility index (Phi) is 3.05. The van der Waals surface area contributed by atoms with E-state index >= 15 is 0 Å². The molecular weight excluding hydrogens is 218 g/mol. The molecule has 0 aliphatic heterocycles. The molecule has 4 nitrogen and oxygen atoms in total. The first kappa shape index (κ1) is 11.1. The molecule has 0 saturated heterocycles. The second-order valence-electron chi connectivity index (χ2n) is 3.65. The average Bonchev–Trinajstić information content (AvgIpc) is 2.76. The van der Waals surface area contributed by atoms with Gasteiger partial charge in [-0.1, -0.05) is 35.0 Å². The zero-order chi connectivity index (χ0) is 12.3. The van der Waals surface area contributed by atoms with Gasteiger partial charge in [0.25, 0.3) is 0 Å². The number of carboxylic acid groups (broad SMARTS) is 1. The number of hydrogen-bond donors (Lipinski definition) is 1. The molecule has 0 aliphatic carbocycles. The third kappa shape index (κ3) is 2.81. The number of aryl methyl sites for hydroxylation is 1. The van der Waals surface area contributed by atoms with Gasteiger partial charge >= 0.3 is 5.97 Å². The van der Waals surface area contributed by atoms with E-state index < -0.39 is 5.97 Å². The summed E-state index contributed by atoms with van der Waals surface area (Å²) in [5.74, 6) is -0.596. The fraction of sp³-hybridized carbons (Fsp3) is 0.0769. The highest BCUT2D eigenvalue weighted by molar-refractivity contribution is 5.84. The van der Waals surface area contributed by atoms with Crippen LogP contribution in [0.5, 0.6) is 0 Å². The van der Waals surface area contributed by atoms with Crippen LogP contribution in [0, 0.1) is 6.92 Å². The third-order valence-corrected chi connectivity index (χ3v) is 2.27. The quantitative estimate of drug-likeness (QED) is 0.822. The number of carboxylic acids is 1. The highest BCUT2D eigenvalue weighted by Crippen LogP contribution is 2.20. The van der Waals surface area contributed by atoms with Crippen molar-refractivity contribution in [3.8, 4) is 11.3 Å². The molecule has 0 atom stereocenters. The van der Waals surface area contributed by atoms with Crippen molar-refractivity contribution < 1.29 is 14.4 Å². The largest absolute Gasteiger partial charge is 0.478 e. The summed E-state index contributed by atoms with van der Waals surface area (Å²) >= 11 is 0. The maximum atomic E-state index is 10.3. The Labute approximate surface area is 98.2 Å². The summed E-state index contributed by atoms with van der Waals surface area (Å²) in [6, 6.07) is 9.55. The van der Waals surface area contributed by atoms with Gasteiger partial charge < -0.3 is 9.63 Å². The summed E-state index contributed by atoms with van der Waals surface area (Å²) in [7, 11) is 0. The lowest BCUT2D eigenvalue weighted by Crippen LogP contribution is -1.84. The minimum atomic E-state index is -1.02. The summed E-state index contributed by atoms with van der Waals surface area (Å²) < 4.78 is 5.00. The van der Waals surface area contributed by atoms with Crippen LogP contribution < -0.4 is 0 Å². The molecule has 0 unspecified atom stereocenters. The number of aliphatic carboxylic acids is 1. The Hall–Kier alpha value is -2.36. The van der Waals surface area contributed by atoms with E-state index in [4.69, 9.17) is 9.63 Å². The van der Waals surface area contributed by atoms with E-state index in [1.165, 1.54) is 11.6 Å². The normalized spacial score (nSPS) is 10.9. The maximum Gasteiger partial charge on any atom is 0.328 e. The smallest absolute Gasteiger partial charge is 0.328 e. The lowest BCUT2D eigenvalue weighted by atomic mass is 10.1. The number of aromatic nitrogens is 1. The van der Waals surface area contributed by atoms with Gasteiger partial charge in [0, 0.05) is 17.7 Å². The highest BCUT2D eigenvalue weighted by atomic mass is 16.5. The predicted molar refractivity (Wildman–Crippen MR) is 63.3 cm³/mol. The van der Waals surface area contributed by atoms with E-state index in [0.29, 0.717) is 11.5 Å². The molecule has 0 spiro atoms. The molecule has 1 aromatic carbocycles. The topological polar surface area (TPSA) is 63.3 Å². The van der Waals surface area contributed by atoms with Crippen molar-refractivity contribution in [3.05, 3.63) is 47.7 Å². The predicted octanol–water partition coefficient (Wildman–Crippen LogP) is 2.75. The van der Waals surface area contributed by atoms with Gasteiger partial charge in [-0.25, -0.2) is 4.79 Å². The Balaban J connectivity index is 2.23. The lowest BCUT2D eigenvalue weighted by Gasteiger charge is -1.95. The van der Waals surface area contributed by atoms with Crippen LogP contribution >= 0.6 is 0 Å². The van der Waals surface area contributed by atoms with Crippen molar-refractivity contribution >= 4 is 12.0 Å². The number of carbonyl (C=O) groups is 1. The highest BCUT2D eigenvalue weighted by Gasteiger charge is 2.04. The molecule has 86 valence electrons. The van der Waals surface area contributed by atoms with Crippen LogP contribution in [0.25, 0.3) is 17.3 Å². The van der Waals surface area contributed by atoms with Crippen molar-refractivity contribution in [2.45, 2.75) is 6.92 Å². The van der Waals surface area contributed by atoms with Gasteiger partial charge in [-0.3, -0.25) is 0 Å². The second kappa shape index (κ2) is 4.65. The molecule has 1 N–H and O–H groups in total. The molecular formula is C13H11NO3. The average molecular weight is 229 g/mol. The van der Waals surface area contributed by atoms with Crippen LogP contribution in [0.3, 0.4) is 0 Å².